The first-order valence-electron chi connectivity index (χ1n) is 18.0. The van der Waals surface area contributed by atoms with Gasteiger partial charge in [0.15, 0.2) is 12.6 Å². The molecule has 0 amide bonds. The second-order valence-corrected chi connectivity index (χ2v) is 13.1. The van der Waals surface area contributed by atoms with Crippen LogP contribution in [0.2, 0.25) is 0 Å². The minimum Gasteiger partial charge on any atom is -0.388 e. The molecule has 13 nitrogen and oxygen atoms in total. The summed E-state index contributed by atoms with van der Waals surface area (Å²) in [7, 11) is 1.42. The number of hydrogen-bond donors (Lipinski definition) is 2. The van der Waals surface area contributed by atoms with Crippen molar-refractivity contribution in [3.8, 4) is 0 Å². The van der Waals surface area contributed by atoms with Gasteiger partial charge in [-0.15, -0.1) is 0 Å². The summed E-state index contributed by atoms with van der Waals surface area (Å²) in [6, 6.07) is 37.5. The third-order valence-electron chi connectivity index (χ3n) is 9.33. The quantitative estimate of drug-likeness (QED) is 0.0716. The van der Waals surface area contributed by atoms with Crippen LogP contribution in [0.3, 0.4) is 0 Å². The highest BCUT2D eigenvalue weighted by atomic mass is 16.7. The summed E-state index contributed by atoms with van der Waals surface area (Å²) in [5.41, 5.74) is 13.0. The highest BCUT2D eigenvalue weighted by Gasteiger charge is 2.52. The molecule has 0 bridgehead atoms. The monoisotopic (exact) mass is 741 g/mol. The van der Waals surface area contributed by atoms with Crippen molar-refractivity contribution in [1.29, 1.82) is 0 Å². The fourth-order valence-electron chi connectivity index (χ4n) is 6.53. The van der Waals surface area contributed by atoms with Crippen molar-refractivity contribution in [2.24, 2.45) is 5.11 Å². The van der Waals surface area contributed by atoms with E-state index < -0.39 is 61.3 Å². The van der Waals surface area contributed by atoms with Crippen molar-refractivity contribution in [3.05, 3.63) is 154 Å². The summed E-state index contributed by atoms with van der Waals surface area (Å²) < 4.78 is 49.5. The predicted molar refractivity (Wildman–Crippen MR) is 196 cm³/mol. The molecule has 2 fully saturated rings. The van der Waals surface area contributed by atoms with Gasteiger partial charge in [0.25, 0.3) is 0 Å². The lowest BCUT2D eigenvalue weighted by Crippen LogP contribution is -2.59. The van der Waals surface area contributed by atoms with Crippen LogP contribution in [-0.2, 0) is 64.3 Å². The highest BCUT2D eigenvalue weighted by molar-refractivity contribution is 5.16. The molecule has 2 N–H and O–H groups in total. The maximum atomic E-state index is 11.6. The van der Waals surface area contributed by atoms with Crippen molar-refractivity contribution in [3.63, 3.8) is 0 Å². The predicted octanol–water partition coefficient (Wildman–Crippen LogP) is 5.47. The van der Waals surface area contributed by atoms with Crippen molar-refractivity contribution in [2.45, 2.75) is 87.8 Å². The molecule has 10 atom stereocenters. The number of ether oxygens (including phenoxy) is 8. The van der Waals surface area contributed by atoms with E-state index in [1.54, 1.807) is 0 Å². The smallest absolute Gasteiger partial charge is 0.187 e. The summed E-state index contributed by atoms with van der Waals surface area (Å²) in [6.07, 6.45) is -8.96. The molecular formula is C41H47N3O10. The number of benzene rings is 4. The molecule has 54 heavy (non-hydrogen) atoms. The molecule has 2 heterocycles. The van der Waals surface area contributed by atoms with Gasteiger partial charge >= 0.3 is 0 Å². The number of methoxy groups -OCH3 is 1. The van der Waals surface area contributed by atoms with E-state index in [0.717, 1.165) is 22.3 Å². The minimum absolute atomic E-state index is 0.0376. The first-order chi connectivity index (χ1) is 26.5. The van der Waals surface area contributed by atoms with Crippen LogP contribution in [0.5, 0.6) is 0 Å². The largest absolute Gasteiger partial charge is 0.388 e. The van der Waals surface area contributed by atoms with E-state index in [2.05, 4.69) is 10.0 Å². The molecule has 2 aliphatic heterocycles. The normalized spacial score (nSPS) is 27.3. The van der Waals surface area contributed by atoms with E-state index in [9.17, 15) is 15.7 Å². The van der Waals surface area contributed by atoms with Gasteiger partial charge in [-0.3, -0.25) is 0 Å². The van der Waals surface area contributed by atoms with Crippen LogP contribution in [0.25, 0.3) is 10.4 Å². The number of nitrogens with zero attached hydrogens (tertiary/aromatic N) is 3. The van der Waals surface area contributed by atoms with Crippen LogP contribution in [0.4, 0.5) is 0 Å². The Labute approximate surface area is 314 Å². The third-order valence-corrected chi connectivity index (χ3v) is 9.33. The third kappa shape index (κ3) is 10.7. The van der Waals surface area contributed by atoms with Crippen LogP contribution >= 0.6 is 0 Å². The molecule has 0 aliphatic carbocycles. The van der Waals surface area contributed by atoms with Crippen LogP contribution in [0.15, 0.2) is 126 Å². The summed E-state index contributed by atoms with van der Waals surface area (Å²) in [6.45, 7) is 0.661. The second-order valence-electron chi connectivity index (χ2n) is 13.1. The van der Waals surface area contributed by atoms with Crippen LogP contribution in [-0.4, -0.2) is 91.9 Å². The van der Waals surface area contributed by atoms with E-state index in [-0.39, 0.29) is 33.0 Å². The Balaban J connectivity index is 1.20. The SMILES string of the molecule is CO[C@H]1O[C@H](CO[C@@H]2O[C@@H]([C@H](O)COCc3ccccc3)[C@H](OCc3ccccc3)[C@H]2OCc2ccccc2)[C@@H](O)[C@H](OCc2ccccc2)[C@H]1N=[N+]=[N-]. The molecule has 0 aromatic heterocycles. The van der Waals surface area contributed by atoms with Crippen molar-refractivity contribution in [1.82, 2.24) is 0 Å². The van der Waals surface area contributed by atoms with Gasteiger partial charge in [-0.25, -0.2) is 0 Å². The first kappa shape index (κ1) is 39.5. The molecule has 0 radical (unpaired) electrons. The standard InChI is InChI=1S/C41H47N3O10/c1-47-40-34(43-44-42)37(49-23-29-16-8-3-9-17-29)35(46)33(53-40)27-52-41-39(51-25-31-20-12-5-13-21-31)38(50-24-30-18-10-4-11-19-30)36(54-41)32(45)26-48-22-28-14-6-2-7-15-28/h2-21,32-41,45-46H,22-27H2,1H3/t32-,33-,34-,35-,36+,37-,38+,39-,40+,41-/m1/s1. The van der Waals surface area contributed by atoms with E-state index >= 15 is 0 Å². The van der Waals surface area contributed by atoms with Gasteiger partial charge < -0.3 is 48.1 Å². The zero-order chi connectivity index (χ0) is 37.5. The molecule has 0 saturated carbocycles. The Hall–Kier alpha value is -4.21. The average Bonchev–Trinajstić information content (AvgIpc) is 3.57. The second kappa shape index (κ2) is 20.5. The molecule has 0 unspecified atom stereocenters. The number of aliphatic hydroxyl groups excluding tert-OH is 2. The lowest BCUT2D eigenvalue weighted by Gasteiger charge is -2.42. The van der Waals surface area contributed by atoms with Crippen molar-refractivity contribution >= 4 is 0 Å². The zero-order valence-corrected chi connectivity index (χ0v) is 30.1. The van der Waals surface area contributed by atoms with Gasteiger partial charge in [-0.2, -0.15) is 0 Å². The van der Waals surface area contributed by atoms with Gasteiger partial charge in [0.1, 0.15) is 42.7 Å². The van der Waals surface area contributed by atoms with Gasteiger partial charge in [0.2, 0.25) is 0 Å². The Morgan fingerprint density at radius 2 is 1.13 bits per heavy atom. The van der Waals surface area contributed by atoms with E-state index in [1.165, 1.54) is 7.11 Å². The minimum atomic E-state index is -1.28. The van der Waals surface area contributed by atoms with Crippen LogP contribution in [0, 0.1) is 0 Å². The molecule has 4 aromatic carbocycles. The fourth-order valence-corrected chi connectivity index (χ4v) is 6.53. The Bertz CT molecular complexity index is 1700. The lowest BCUT2D eigenvalue weighted by atomic mass is 9.97. The molecule has 6 rings (SSSR count). The Morgan fingerprint density at radius 1 is 0.648 bits per heavy atom. The lowest BCUT2D eigenvalue weighted by molar-refractivity contribution is -0.283. The average molecular weight is 742 g/mol. The van der Waals surface area contributed by atoms with Gasteiger partial charge in [0, 0.05) is 12.0 Å². The van der Waals surface area contributed by atoms with E-state index in [0.29, 0.717) is 6.61 Å². The zero-order valence-electron chi connectivity index (χ0n) is 30.1. The topological polar surface area (TPSA) is 163 Å². The Kier molecular flexibility index (Phi) is 15.0. The summed E-state index contributed by atoms with van der Waals surface area (Å²) >= 11 is 0. The first-order valence-corrected chi connectivity index (χ1v) is 18.0. The fraction of sp³-hybridized carbons (Fsp3) is 0.415. The van der Waals surface area contributed by atoms with Gasteiger partial charge in [-0.05, 0) is 27.8 Å². The highest BCUT2D eigenvalue weighted by Crippen LogP contribution is 2.33. The molecule has 13 heteroatoms. The van der Waals surface area contributed by atoms with E-state index in [4.69, 9.17) is 37.9 Å². The molecule has 4 aromatic rings. The van der Waals surface area contributed by atoms with Gasteiger partial charge in [0.05, 0.1) is 45.7 Å². The molecule has 0 spiro atoms. The molecule has 286 valence electrons. The van der Waals surface area contributed by atoms with Crippen LogP contribution in [0.1, 0.15) is 22.3 Å². The summed E-state index contributed by atoms with van der Waals surface area (Å²) in [5, 5.41) is 27.0. The van der Waals surface area contributed by atoms with Crippen LogP contribution < -0.4 is 0 Å². The van der Waals surface area contributed by atoms with Crippen molar-refractivity contribution in [2.75, 3.05) is 20.3 Å². The van der Waals surface area contributed by atoms with E-state index in [1.807, 2.05) is 121 Å². The summed E-state index contributed by atoms with van der Waals surface area (Å²) in [5.74, 6) is 0. The maximum absolute atomic E-state index is 11.6. The van der Waals surface area contributed by atoms with Gasteiger partial charge in [-0.1, -0.05) is 126 Å². The molecule has 2 saturated heterocycles. The summed E-state index contributed by atoms with van der Waals surface area (Å²) in [4.78, 5) is 2.96. The number of hydrogen-bond acceptors (Lipinski definition) is 11. The molecule has 2 aliphatic rings. The van der Waals surface area contributed by atoms with Crippen molar-refractivity contribution < 1.29 is 48.1 Å². The number of rotatable bonds is 19. The Morgan fingerprint density at radius 3 is 1.63 bits per heavy atom. The number of azide groups is 1. The molecular weight excluding hydrogens is 694 g/mol. The number of aliphatic hydroxyl groups is 2. The maximum Gasteiger partial charge on any atom is 0.187 e.